The number of methoxy groups -OCH3 is 1. The summed E-state index contributed by atoms with van der Waals surface area (Å²) in [6.45, 7) is 2.07. The molecule has 1 heterocycles. The highest BCUT2D eigenvalue weighted by atomic mass is 16.5. The summed E-state index contributed by atoms with van der Waals surface area (Å²) in [5, 5.41) is 0. The minimum absolute atomic E-state index is 0.0372. The van der Waals surface area contributed by atoms with Crippen LogP contribution in [-0.2, 0) is 11.3 Å². The van der Waals surface area contributed by atoms with Crippen molar-refractivity contribution in [2.75, 3.05) is 7.11 Å². The molecule has 4 N–H and O–H groups in total. The molecule has 0 fully saturated rings. The Morgan fingerprint density at radius 3 is 1.93 bits per heavy atom. The molecule has 1 aromatic heterocycles. The van der Waals surface area contributed by atoms with Crippen molar-refractivity contribution in [2.24, 2.45) is 16.5 Å². The van der Waals surface area contributed by atoms with E-state index in [9.17, 15) is 4.79 Å². The molecule has 0 aliphatic rings. The van der Waals surface area contributed by atoms with Gasteiger partial charge in [-0.3, -0.25) is 4.79 Å². The van der Waals surface area contributed by atoms with Crippen LogP contribution >= 0.6 is 0 Å². The fourth-order valence-electron chi connectivity index (χ4n) is 2.94. The van der Waals surface area contributed by atoms with Crippen LogP contribution in [0.15, 0.2) is 65.7 Å². The Labute approximate surface area is 158 Å². The Morgan fingerprint density at radius 2 is 1.44 bits per heavy atom. The number of hydrogen-bond acceptors (Lipinski definition) is 2. The molecule has 0 radical (unpaired) electrons. The molecule has 138 valence electrons. The van der Waals surface area contributed by atoms with Crippen molar-refractivity contribution >= 4 is 11.9 Å². The van der Waals surface area contributed by atoms with Crippen molar-refractivity contribution in [3.05, 3.63) is 66.2 Å². The topological polar surface area (TPSA) is 95.6 Å². The summed E-state index contributed by atoms with van der Waals surface area (Å²) in [6.07, 6.45) is 0. The number of carbonyl (C=O) groups is 1. The van der Waals surface area contributed by atoms with Crippen molar-refractivity contribution in [1.82, 2.24) is 4.57 Å². The van der Waals surface area contributed by atoms with Crippen LogP contribution in [0.1, 0.15) is 5.56 Å². The summed E-state index contributed by atoms with van der Waals surface area (Å²) in [4.78, 5) is 15.9. The van der Waals surface area contributed by atoms with Gasteiger partial charge in [0.2, 0.25) is 0 Å². The highest BCUT2D eigenvalue weighted by molar-refractivity contribution is 5.92. The first-order valence-electron chi connectivity index (χ1n) is 8.51. The molecule has 0 bridgehead atoms. The molecule has 6 nitrogen and oxygen atoms in total. The summed E-state index contributed by atoms with van der Waals surface area (Å²) in [5.74, 6) is 0.122. The number of aliphatic imine (C=N–C) groups is 1. The van der Waals surface area contributed by atoms with Gasteiger partial charge in [-0.1, -0.05) is 29.8 Å². The van der Waals surface area contributed by atoms with E-state index in [-0.39, 0.29) is 12.5 Å². The van der Waals surface area contributed by atoms with E-state index in [1.807, 2.05) is 72.2 Å². The molecule has 0 saturated heterocycles. The highest BCUT2D eigenvalue weighted by Gasteiger charge is 2.15. The Balaban J connectivity index is 2.08. The van der Waals surface area contributed by atoms with Crippen LogP contribution < -0.4 is 16.2 Å². The summed E-state index contributed by atoms with van der Waals surface area (Å²) >= 11 is 0. The number of carbonyl (C=O) groups excluding carboxylic acids is 1. The van der Waals surface area contributed by atoms with Gasteiger partial charge < -0.3 is 20.8 Å². The van der Waals surface area contributed by atoms with Crippen molar-refractivity contribution < 1.29 is 9.53 Å². The number of benzene rings is 2. The number of rotatable bonds is 5. The molecule has 3 rings (SSSR count). The molecule has 3 aromatic rings. The highest BCUT2D eigenvalue weighted by Crippen LogP contribution is 2.30. The first-order chi connectivity index (χ1) is 13.0. The van der Waals surface area contributed by atoms with E-state index in [0.717, 1.165) is 28.3 Å². The van der Waals surface area contributed by atoms with Gasteiger partial charge in [0.1, 0.15) is 12.3 Å². The fraction of sp³-hybridized carbons (Fsp3) is 0.143. The lowest BCUT2D eigenvalue weighted by atomic mass is 10.1. The summed E-state index contributed by atoms with van der Waals surface area (Å²) in [5.41, 5.74) is 15.7. The van der Waals surface area contributed by atoms with Gasteiger partial charge in [-0.15, -0.1) is 0 Å². The van der Waals surface area contributed by atoms with Gasteiger partial charge >= 0.3 is 0 Å². The van der Waals surface area contributed by atoms with Crippen LogP contribution in [0.3, 0.4) is 0 Å². The van der Waals surface area contributed by atoms with E-state index in [2.05, 4.69) is 4.99 Å². The summed E-state index contributed by atoms with van der Waals surface area (Å²) in [6, 6.07) is 19.8. The molecule has 0 saturated carbocycles. The predicted octanol–water partition coefficient (Wildman–Crippen LogP) is 2.94. The first kappa shape index (κ1) is 18.3. The van der Waals surface area contributed by atoms with Gasteiger partial charge in [0, 0.05) is 11.4 Å². The second kappa shape index (κ2) is 7.78. The normalized spacial score (nSPS) is 10.4. The lowest BCUT2D eigenvalue weighted by Crippen LogP contribution is -2.25. The summed E-state index contributed by atoms with van der Waals surface area (Å²) < 4.78 is 7.14. The third-order valence-electron chi connectivity index (χ3n) is 4.26. The van der Waals surface area contributed by atoms with Gasteiger partial charge in [0.15, 0.2) is 5.96 Å². The lowest BCUT2D eigenvalue weighted by molar-refractivity contribution is -0.118. The van der Waals surface area contributed by atoms with E-state index >= 15 is 0 Å². The number of nitrogens with two attached hydrogens (primary N) is 2. The molecule has 0 atom stereocenters. The van der Waals surface area contributed by atoms with E-state index < -0.39 is 5.91 Å². The molecule has 2 aromatic carbocycles. The van der Waals surface area contributed by atoms with Crippen molar-refractivity contribution in [3.63, 3.8) is 0 Å². The maximum atomic E-state index is 12.3. The maximum absolute atomic E-state index is 12.3. The second-order valence-electron chi connectivity index (χ2n) is 6.21. The minimum atomic E-state index is -0.408. The predicted molar refractivity (Wildman–Crippen MR) is 107 cm³/mol. The molecule has 0 unspecified atom stereocenters. The monoisotopic (exact) mass is 362 g/mol. The van der Waals surface area contributed by atoms with Crippen LogP contribution in [-0.4, -0.2) is 23.5 Å². The average Bonchev–Trinajstić information content (AvgIpc) is 3.05. The van der Waals surface area contributed by atoms with Gasteiger partial charge in [-0.2, -0.15) is 4.99 Å². The van der Waals surface area contributed by atoms with Crippen LogP contribution in [0.2, 0.25) is 0 Å². The summed E-state index contributed by atoms with van der Waals surface area (Å²) in [7, 11) is 1.63. The number of aromatic nitrogens is 1. The third-order valence-corrected chi connectivity index (χ3v) is 4.26. The lowest BCUT2D eigenvalue weighted by Gasteiger charge is -2.13. The SMILES string of the molecule is COc1ccc(-c2ccc(-c3ccc(C)cc3)n2CC(=O)N=C(N)N)cc1. The van der Waals surface area contributed by atoms with Crippen LogP contribution in [0, 0.1) is 6.92 Å². The van der Waals surface area contributed by atoms with E-state index in [1.54, 1.807) is 7.11 Å². The van der Waals surface area contributed by atoms with E-state index in [4.69, 9.17) is 16.2 Å². The Kier molecular flexibility index (Phi) is 5.26. The van der Waals surface area contributed by atoms with Crippen molar-refractivity contribution in [3.8, 4) is 28.3 Å². The van der Waals surface area contributed by atoms with E-state index in [1.165, 1.54) is 5.56 Å². The van der Waals surface area contributed by atoms with Crippen molar-refractivity contribution in [2.45, 2.75) is 13.5 Å². The zero-order valence-corrected chi connectivity index (χ0v) is 15.3. The smallest absolute Gasteiger partial charge is 0.268 e. The maximum Gasteiger partial charge on any atom is 0.268 e. The number of guanidine groups is 1. The Bertz CT molecular complexity index is 966. The fourth-order valence-corrected chi connectivity index (χ4v) is 2.94. The molecule has 0 spiro atoms. The van der Waals surface area contributed by atoms with Crippen LogP contribution in [0.4, 0.5) is 0 Å². The molecule has 27 heavy (non-hydrogen) atoms. The van der Waals surface area contributed by atoms with Crippen LogP contribution in [0.25, 0.3) is 22.5 Å². The molecular formula is C21H22N4O2. The quantitative estimate of drug-likeness (QED) is 0.539. The molecule has 1 amide bonds. The number of nitrogens with zero attached hydrogens (tertiary/aromatic N) is 2. The van der Waals surface area contributed by atoms with E-state index in [0.29, 0.717) is 0 Å². The van der Waals surface area contributed by atoms with Gasteiger partial charge in [0.25, 0.3) is 5.91 Å². The third kappa shape index (κ3) is 4.17. The first-order valence-corrected chi connectivity index (χ1v) is 8.51. The number of hydrogen-bond donors (Lipinski definition) is 2. The average molecular weight is 362 g/mol. The minimum Gasteiger partial charge on any atom is -0.497 e. The standard InChI is InChI=1S/C21H22N4O2/c1-14-3-5-15(6-4-14)18-11-12-19(16-7-9-17(27-2)10-8-16)25(18)13-20(26)24-21(22)23/h3-12H,13H2,1-2H3,(H4,22,23,24,26). The Morgan fingerprint density at radius 1 is 0.926 bits per heavy atom. The molecule has 6 heteroatoms. The number of ether oxygens (including phenoxy) is 1. The van der Waals surface area contributed by atoms with Crippen LogP contribution in [0.5, 0.6) is 5.75 Å². The Hall–Kier alpha value is -3.54. The number of amides is 1. The molecule has 0 aliphatic heterocycles. The molecule has 0 aliphatic carbocycles. The zero-order valence-electron chi connectivity index (χ0n) is 15.3. The largest absolute Gasteiger partial charge is 0.497 e. The zero-order chi connectivity index (χ0) is 19.4. The van der Waals surface area contributed by atoms with Crippen molar-refractivity contribution in [1.29, 1.82) is 0 Å². The second-order valence-corrected chi connectivity index (χ2v) is 6.21. The van der Waals surface area contributed by atoms with Gasteiger partial charge in [-0.25, -0.2) is 0 Å². The van der Waals surface area contributed by atoms with Gasteiger partial charge in [-0.05, 0) is 54.4 Å². The molecular weight excluding hydrogens is 340 g/mol. The van der Waals surface area contributed by atoms with Gasteiger partial charge in [0.05, 0.1) is 7.11 Å². The number of aryl methyl sites for hydroxylation is 1.